The van der Waals surface area contributed by atoms with Crippen molar-refractivity contribution in [3.8, 4) is 10.8 Å². The van der Waals surface area contributed by atoms with E-state index in [0.29, 0.717) is 17.9 Å². The van der Waals surface area contributed by atoms with Gasteiger partial charge in [-0.25, -0.2) is 9.37 Å². The van der Waals surface area contributed by atoms with Gasteiger partial charge in [-0.15, -0.1) is 11.3 Å². The van der Waals surface area contributed by atoms with Crippen LogP contribution in [0.3, 0.4) is 0 Å². The molecular weight excluding hydrogens is 315 g/mol. The molecule has 0 unspecified atom stereocenters. The van der Waals surface area contributed by atoms with Crippen LogP contribution in [0.4, 0.5) is 4.39 Å². The second-order valence-electron chi connectivity index (χ2n) is 5.05. The molecule has 0 aliphatic carbocycles. The summed E-state index contributed by atoms with van der Waals surface area (Å²) in [7, 11) is 0. The second-order valence-corrected chi connectivity index (χ2v) is 6.13. The van der Waals surface area contributed by atoms with Crippen LogP contribution in [0.2, 0.25) is 0 Å². The fourth-order valence-electron chi connectivity index (χ4n) is 2.15. The third-order valence-electron chi connectivity index (χ3n) is 3.38. The van der Waals surface area contributed by atoms with E-state index in [0.717, 1.165) is 15.6 Å². The average Bonchev–Trinajstić information content (AvgIpc) is 3.17. The zero-order valence-electron chi connectivity index (χ0n) is 12.5. The van der Waals surface area contributed by atoms with Crippen molar-refractivity contribution in [3.05, 3.63) is 64.6 Å². The smallest absolute Gasteiger partial charge is 0.224 e. The number of halogens is 1. The largest absolute Gasteiger partial charge is 0.462 e. The van der Waals surface area contributed by atoms with Crippen molar-refractivity contribution in [1.29, 1.82) is 0 Å². The van der Waals surface area contributed by atoms with Gasteiger partial charge in [0.25, 0.3) is 0 Å². The average molecular weight is 330 g/mol. The quantitative estimate of drug-likeness (QED) is 0.776. The third-order valence-corrected chi connectivity index (χ3v) is 4.55. The molecule has 1 amide bonds. The van der Waals surface area contributed by atoms with E-state index >= 15 is 0 Å². The van der Waals surface area contributed by atoms with Crippen LogP contribution < -0.4 is 5.32 Å². The molecule has 0 atom stereocenters. The molecule has 3 aromatic rings. The van der Waals surface area contributed by atoms with Gasteiger partial charge in [0.05, 0.1) is 24.9 Å². The van der Waals surface area contributed by atoms with Crippen molar-refractivity contribution in [1.82, 2.24) is 10.3 Å². The molecule has 2 heterocycles. The highest BCUT2D eigenvalue weighted by atomic mass is 32.1. The Labute approximate surface area is 137 Å². The number of carbonyl (C=O) groups is 1. The van der Waals surface area contributed by atoms with Gasteiger partial charge >= 0.3 is 0 Å². The van der Waals surface area contributed by atoms with Crippen LogP contribution in [-0.2, 0) is 17.8 Å². The maximum Gasteiger partial charge on any atom is 0.224 e. The molecule has 0 aliphatic rings. The van der Waals surface area contributed by atoms with Crippen LogP contribution in [0.1, 0.15) is 16.1 Å². The Morgan fingerprint density at radius 1 is 1.30 bits per heavy atom. The number of aromatic nitrogens is 1. The Bertz CT molecular complexity index is 812. The summed E-state index contributed by atoms with van der Waals surface area (Å²) in [6.07, 6.45) is 1.62. The Morgan fingerprint density at radius 2 is 2.13 bits per heavy atom. The van der Waals surface area contributed by atoms with Gasteiger partial charge in [-0.05, 0) is 30.7 Å². The highest BCUT2D eigenvalue weighted by Crippen LogP contribution is 2.28. The lowest BCUT2D eigenvalue weighted by Crippen LogP contribution is -2.24. The van der Waals surface area contributed by atoms with Crippen molar-refractivity contribution in [2.24, 2.45) is 0 Å². The van der Waals surface area contributed by atoms with E-state index in [4.69, 9.17) is 4.42 Å². The minimum atomic E-state index is -0.364. The number of benzene rings is 1. The standard InChI is InChI=1S/C17H15FN2O2S/c1-11-15(23-17(20-11)14-7-4-8-22-14)10-19-16(21)9-12-5-2-3-6-13(12)18/h2-8H,9-10H2,1H3,(H,19,21). The monoisotopic (exact) mass is 330 g/mol. The van der Waals surface area contributed by atoms with E-state index in [1.807, 2.05) is 19.1 Å². The van der Waals surface area contributed by atoms with E-state index in [1.54, 1.807) is 24.5 Å². The molecule has 118 valence electrons. The molecular formula is C17H15FN2O2S. The summed E-state index contributed by atoms with van der Waals surface area (Å²) in [5.41, 5.74) is 1.25. The van der Waals surface area contributed by atoms with E-state index in [-0.39, 0.29) is 18.1 Å². The summed E-state index contributed by atoms with van der Waals surface area (Å²) in [6.45, 7) is 2.26. The molecule has 0 saturated heterocycles. The summed E-state index contributed by atoms with van der Waals surface area (Å²) in [4.78, 5) is 17.4. The molecule has 0 spiro atoms. The number of thiazole rings is 1. The highest BCUT2D eigenvalue weighted by molar-refractivity contribution is 7.15. The fourth-order valence-corrected chi connectivity index (χ4v) is 3.12. The number of rotatable bonds is 5. The first-order valence-corrected chi connectivity index (χ1v) is 7.95. The first kappa shape index (κ1) is 15.4. The van der Waals surface area contributed by atoms with Gasteiger partial charge in [0.15, 0.2) is 10.8 Å². The predicted molar refractivity (Wildman–Crippen MR) is 86.5 cm³/mol. The molecule has 0 fully saturated rings. The van der Waals surface area contributed by atoms with Crippen molar-refractivity contribution in [3.63, 3.8) is 0 Å². The summed E-state index contributed by atoms with van der Waals surface area (Å²) in [5.74, 6) is 0.126. The summed E-state index contributed by atoms with van der Waals surface area (Å²) < 4.78 is 18.9. The lowest BCUT2D eigenvalue weighted by atomic mass is 10.1. The SMILES string of the molecule is Cc1nc(-c2ccco2)sc1CNC(=O)Cc1ccccc1F. The first-order valence-electron chi connectivity index (χ1n) is 7.14. The molecule has 4 nitrogen and oxygen atoms in total. The van der Waals surface area contributed by atoms with Gasteiger partial charge in [0.2, 0.25) is 5.91 Å². The highest BCUT2D eigenvalue weighted by Gasteiger charge is 2.13. The molecule has 23 heavy (non-hydrogen) atoms. The van der Waals surface area contributed by atoms with E-state index in [2.05, 4.69) is 10.3 Å². The molecule has 0 saturated carbocycles. The van der Waals surface area contributed by atoms with Gasteiger partial charge < -0.3 is 9.73 Å². The van der Waals surface area contributed by atoms with Crippen molar-refractivity contribution in [2.45, 2.75) is 19.9 Å². The van der Waals surface area contributed by atoms with Crippen LogP contribution >= 0.6 is 11.3 Å². The van der Waals surface area contributed by atoms with Crippen molar-refractivity contribution in [2.75, 3.05) is 0 Å². The maximum atomic E-state index is 13.5. The number of amides is 1. The molecule has 1 aromatic carbocycles. The van der Waals surface area contributed by atoms with Crippen LogP contribution in [0.15, 0.2) is 47.1 Å². The van der Waals surface area contributed by atoms with Crippen LogP contribution in [-0.4, -0.2) is 10.9 Å². The molecule has 3 rings (SSSR count). The Balaban J connectivity index is 1.62. The van der Waals surface area contributed by atoms with Crippen molar-refractivity contribution < 1.29 is 13.6 Å². The van der Waals surface area contributed by atoms with Crippen LogP contribution in [0.25, 0.3) is 10.8 Å². The van der Waals surface area contributed by atoms with Crippen LogP contribution in [0.5, 0.6) is 0 Å². The van der Waals surface area contributed by atoms with Gasteiger partial charge in [0, 0.05) is 4.88 Å². The number of hydrogen-bond acceptors (Lipinski definition) is 4. The number of nitrogens with zero attached hydrogens (tertiary/aromatic N) is 1. The van der Waals surface area contributed by atoms with Gasteiger partial charge in [-0.2, -0.15) is 0 Å². The summed E-state index contributed by atoms with van der Waals surface area (Å²) in [5, 5.41) is 3.59. The molecule has 0 aliphatic heterocycles. The summed E-state index contributed by atoms with van der Waals surface area (Å²) in [6, 6.07) is 9.94. The Morgan fingerprint density at radius 3 is 2.87 bits per heavy atom. The zero-order valence-corrected chi connectivity index (χ0v) is 13.3. The van der Waals surface area contributed by atoms with Gasteiger partial charge in [-0.1, -0.05) is 18.2 Å². The maximum absolute atomic E-state index is 13.5. The molecule has 0 bridgehead atoms. The number of nitrogens with one attached hydrogen (secondary N) is 1. The minimum Gasteiger partial charge on any atom is -0.462 e. The number of aryl methyl sites for hydroxylation is 1. The zero-order chi connectivity index (χ0) is 16.2. The van der Waals surface area contributed by atoms with Crippen LogP contribution in [0, 0.1) is 12.7 Å². The number of hydrogen-bond donors (Lipinski definition) is 1. The van der Waals surface area contributed by atoms with E-state index < -0.39 is 0 Å². The molecule has 1 N–H and O–H groups in total. The predicted octanol–water partition coefficient (Wildman–Crippen LogP) is 3.71. The fraction of sp³-hybridized carbons (Fsp3) is 0.176. The number of furan rings is 1. The topological polar surface area (TPSA) is 55.1 Å². The van der Waals surface area contributed by atoms with E-state index in [9.17, 15) is 9.18 Å². The summed E-state index contributed by atoms with van der Waals surface area (Å²) >= 11 is 1.48. The number of carbonyl (C=O) groups excluding carboxylic acids is 1. The molecule has 0 radical (unpaired) electrons. The Hall–Kier alpha value is -2.47. The third kappa shape index (κ3) is 3.65. The molecule has 6 heteroatoms. The van der Waals surface area contributed by atoms with Gasteiger partial charge in [0.1, 0.15) is 5.82 Å². The van der Waals surface area contributed by atoms with Crippen molar-refractivity contribution >= 4 is 17.2 Å². The normalized spacial score (nSPS) is 10.7. The van der Waals surface area contributed by atoms with Gasteiger partial charge in [-0.3, -0.25) is 4.79 Å². The lowest BCUT2D eigenvalue weighted by Gasteiger charge is -2.05. The molecule has 2 aromatic heterocycles. The van der Waals surface area contributed by atoms with E-state index in [1.165, 1.54) is 17.4 Å². The minimum absolute atomic E-state index is 0.0234. The second kappa shape index (κ2) is 6.75. The Kier molecular flexibility index (Phi) is 4.52. The first-order chi connectivity index (χ1) is 11.1. The lowest BCUT2D eigenvalue weighted by molar-refractivity contribution is -0.120.